The molecule has 3 aromatic rings. The summed E-state index contributed by atoms with van der Waals surface area (Å²) in [7, 11) is 0. The Morgan fingerprint density at radius 2 is 1.89 bits per heavy atom. The number of nitrogens with two attached hydrogens (primary N) is 1. The van der Waals surface area contributed by atoms with Crippen molar-refractivity contribution in [2.75, 3.05) is 0 Å². The number of aromatic nitrogens is 1. The molecule has 1 amide bonds. The third kappa shape index (κ3) is 1.87. The standard InChI is InChI=1S/C14H10N2OS/c15-13(17)14-16-12(8-18-14)11-6-5-9-3-1-2-4-10(9)7-11/h1-8H,(H2,15,17). The van der Waals surface area contributed by atoms with E-state index in [2.05, 4.69) is 23.2 Å². The van der Waals surface area contributed by atoms with E-state index in [1.807, 2.05) is 29.6 Å². The molecule has 0 saturated carbocycles. The van der Waals surface area contributed by atoms with E-state index in [-0.39, 0.29) is 0 Å². The van der Waals surface area contributed by atoms with Crippen molar-refractivity contribution in [1.82, 2.24) is 4.98 Å². The predicted octanol–water partition coefficient (Wildman–Crippen LogP) is 3.06. The number of amides is 1. The van der Waals surface area contributed by atoms with Crippen LogP contribution in [-0.2, 0) is 0 Å². The van der Waals surface area contributed by atoms with Crippen LogP contribution in [0.5, 0.6) is 0 Å². The zero-order valence-electron chi connectivity index (χ0n) is 9.46. The minimum Gasteiger partial charge on any atom is -0.364 e. The van der Waals surface area contributed by atoms with Crippen LogP contribution < -0.4 is 5.73 Å². The normalized spacial score (nSPS) is 10.7. The average Bonchev–Trinajstić information content (AvgIpc) is 2.88. The first-order valence-corrected chi connectivity index (χ1v) is 6.36. The lowest BCUT2D eigenvalue weighted by molar-refractivity contribution is 0.1000. The van der Waals surface area contributed by atoms with Crippen molar-refractivity contribution in [3.05, 3.63) is 52.9 Å². The van der Waals surface area contributed by atoms with Gasteiger partial charge in [0.25, 0.3) is 5.91 Å². The van der Waals surface area contributed by atoms with Gasteiger partial charge >= 0.3 is 0 Å². The summed E-state index contributed by atoms with van der Waals surface area (Å²) in [5.74, 6) is -0.480. The van der Waals surface area contributed by atoms with E-state index in [1.165, 1.54) is 16.7 Å². The smallest absolute Gasteiger partial charge is 0.277 e. The number of fused-ring (bicyclic) bond motifs is 1. The van der Waals surface area contributed by atoms with Crippen LogP contribution in [0, 0.1) is 0 Å². The topological polar surface area (TPSA) is 56.0 Å². The first-order chi connectivity index (χ1) is 8.74. The molecule has 1 heterocycles. The number of primary amides is 1. The number of carbonyl (C=O) groups excluding carboxylic acids is 1. The van der Waals surface area contributed by atoms with Gasteiger partial charge in [-0.05, 0) is 16.8 Å². The molecule has 0 fully saturated rings. The van der Waals surface area contributed by atoms with Crippen LogP contribution in [0.2, 0.25) is 0 Å². The SMILES string of the molecule is NC(=O)c1nc(-c2ccc3ccccc3c2)cs1. The summed E-state index contributed by atoms with van der Waals surface area (Å²) in [5.41, 5.74) is 6.99. The van der Waals surface area contributed by atoms with Gasteiger partial charge in [0, 0.05) is 10.9 Å². The van der Waals surface area contributed by atoms with Gasteiger partial charge in [0.2, 0.25) is 0 Å². The Hall–Kier alpha value is -2.20. The Morgan fingerprint density at radius 3 is 2.61 bits per heavy atom. The molecule has 0 atom stereocenters. The Labute approximate surface area is 108 Å². The highest BCUT2D eigenvalue weighted by Crippen LogP contribution is 2.25. The third-order valence-electron chi connectivity index (χ3n) is 2.76. The molecule has 1 aromatic heterocycles. The lowest BCUT2D eigenvalue weighted by atomic mass is 10.1. The van der Waals surface area contributed by atoms with Crippen molar-refractivity contribution < 1.29 is 4.79 Å². The highest BCUT2D eigenvalue weighted by atomic mass is 32.1. The second-order valence-electron chi connectivity index (χ2n) is 3.96. The molecule has 88 valence electrons. The molecular formula is C14H10N2OS. The van der Waals surface area contributed by atoms with Crippen LogP contribution in [0.1, 0.15) is 9.80 Å². The fraction of sp³-hybridized carbons (Fsp3) is 0. The van der Waals surface area contributed by atoms with Crippen LogP contribution in [0.25, 0.3) is 22.0 Å². The molecule has 0 aliphatic carbocycles. The van der Waals surface area contributed by atoms with Crippen molar-refractivity contribution in [2.45, 2.75) is 0 Å². The molecule has 18 heavy (non-hydrogen) atoms. The molecule has 4 heteroatoms. The Bertz CT molecular complexity index is 733. The van der Waals surface area contributed by atoms with Gasteiger partial charge in [-0.15, -0.1) is 11.3 Å². The second-order valence-corrected chi connectivity index (χ2v) is 4.82. The Balaban J connectivity index is 2.10. The van der Waals surface area contributed by atoms with Gasteiger partial charge in [0.1, 0.15) is 0 Å². The van der Waals surface area contributed by atoms with Crippen LogP contribution in [0.3, 0.4) is 0 Å². The summed E-state index contributed by atoms with van der Waals surface area (Å²) < 4.78 is 0. The number of benzene rings is 2. The maximum absolute atomic E-state index is 11.0. The molecule has 3 rings (SSSR count). The van der Waals surface area contributed by atoms with Gasteiger partial charge in [-0.3, -0.25) is 4.79 Å². The summed E-state index contributed by atoms with van der Waals surface area (Å²) in [6, 6.07) is 14.2. The van der Waals surface area contributed by atoms with Gasteiger partial charge < -0.3 is 5.73 Å². The van der Waals surface area contributed by atoms with E-state index in [4.69, 9.17) is 5.73 Å². The maximum atomic E-state index is 11.0. The van der Waals surface area contributed by atoms with Crippen molar-refractivity contribution in [3.8, 4) is 11.3 Å². The first kappa shape index (κ1) is 10.9. The molecule has 0 bridgehead atoms. The fourth-order valence-electron chi connectivity index (χ4n) is 1.87. The van der Waals surface area contributed by atoms with E-state index in [0.29, 0.717) is 5.01 Å². The van der Waals surface area contributed by atoms with E-state index in [9.17, 15) is 4.79 Å². The zero-order chi connectivity index (χ0) is 12.5. The molecule has 0 spiro atoms. The molecule has 0 aliphatic rings. The van der Waals surface area contributed by atoms with E-state index >= 15 is 0 Å². The summed E-state index contributed by atoms with van der Waals surface area (Å²) in [5, 5.41) is 4.54. The number of rotatable bonds is 2. The minimum atomic E-state index is -0.480. The highest BCUT2D eigenvalue weighted by molar-refractivity contribution is 7.12. The predicted molar refractivity (Wildman–Crippen MR) is 73.6 cm³/mol. The Morgan fingerprint density at radius 1 is 1.11 bits per heavy atom. The van der Waals surface area contributed by atoms with Crippen molar-refractivity contribution in [1.29, 1.82) is 0 Å². The van der Waals surface area contributed by atoms with Crippen LogP contribution in [0.4, 0.5) is 0 Å². The summed E-state index contributed by atoms with van der Waals surface area (Å²) in [6.07, 6.45) is 0. The van der Waals surface area contributed by atoms with Crippen LogP contribution in [-0.4, -0.2) is 10.9 Å². The van der Waals surface area contributed by atoms with Gasteiger partial charge in [-0.2, -0.15) is 0 Å². The highest BCUT2D eigenvalue weighted by Gasteiger charge is 2.08. The van der Waals surface area contributed by atoms with Gasteiger partial charge in [-0.25, -0.2) is 4.98 Å². The lowest BCUT2D eigenvalue weighted by Crippen LogP contribution is -2.10. The number of hydrogen-bond acceptors (Lipinski definition) is 3. The summed E-state index contributed by atoms with van der Waals surface area (Å²) in [6.45, 7) is 0. The lowest BCUT2D eigenvalue weighted by Gasteiger charge is -2.00. The summed E-state index contributed by atoms with van der Waals surface area (Å²) >= 11 is 1.27. The number of nitrogens with zero attached hydrogens (tertiary/aromatic N) is 1. The zero-order valence-corrected chi connectivity index (χ0v) is 10.3. The molecule has 3 nitrogen and oxygen atoms in total. The van der Waals surface area contributed by atoms with Crippen LogP contribution in [0.15, 0.2) is 47.8 Å². The molecular weight excluding hydrogens is 244 g/mol. The fourth-order valence-corrected chi connectivity index (χ4v) is 2.55. The van der Waals surface area contributed by atoms with E-state index in [0.717, 1.165) is 16.6 Å². The quantitative estimate of drug-likeness (QED) is 0.764. The van der Waals surface area contributed by atoms with Crippen molar-refractivity contribution >= 4 is 28.0 Å². The van der Waals surface area contributed by atoms with Crippen molar-refractivity contribution in [2.24, 2.45) is 5.73 Å². The molecule has 0 unspecified atom stereocenters. The monoisotopic (exact) mass is 254 g/mol. The second kappa shape index (κ2) is 4.23. The summed E-state index contributed by atoms with van der Waals surface area (Å²) in [4.78, 5) is 15.3. The average molecular weight is 254 g/mol. The molecule has 0 radical (unpaired) electrons. The van der Waals surface area contributed by atoms with Crippen LogP contribution >= 0.6 is 11.3 Å². The molecule has 0 saturated heterocycles. The largest absolute Gasteiger partial charge is 0.364 e. The third-order valence-corrected chi connectivity index (χ3v) is 3.62. The minimum absolute atomic E-state index is 0.346. The molecule has 2 aromatic carbocycles. The van der Waals surface area contributed by atoms with Gasteiger partial charge in [0.05, 0.1) is 5.69 Å². The first-order valence-electron chi connectivity index (χ1n) is 5.48. The van der Waals surface area contributed by atoms with Crippen molar-refractivity contribution in [3.63, 3.8) is 0 Å². The van der Waals surface area contributed by atoms with E-state index in [1.54, 1.807) is 0 Å². The number of thiazole rings is 1. The van der Waals surface area contributed by atoms with Gasteiger partial charge in [-0.1, -0.05) is 36.4 Å². The van der Waals surface area contributed by atoms with Gasteiger partial charge in [0.15, 0.2) is 5.01 Å². The Kier molecular flexibility index (Phi) is 2.57. The molecule has 0 aliphatic heterocycles. The number of hydrogen-bond donors (Lipinski definition) is 1. The number of carbonyl (C=O) groups is 1. The maximum Gasteiger partial charge on any atom is 0.277 e. The van der Waals surface area contributed by atoms with E-state index < -0.39 is 5.91 Å². The molecule has 2 N–H and O–H groups in total.